The summed E-state index contributed by atoms with van der Waals surface area (Å²) in [6.07, 6.45) is 2.62. The lowest BCUT2D eigenvalue weighted by Crippen LogP contribution is -2.67. The van der Waals surface area contributed by atoms with Gasteiger partial charge in [0.2, 0.25) is 0 Å². The molecule has 0 aliphatic heterocycles. The summed E-state index contributed by atoms with van der Waals surface area (Å²) in [6, 6.07) is 20.6. The number of carbonyl (C=O) groups excluding carboxylic acids is 1. The molecule has 0 heterocycles. The highest BCUT2D eigenvalue weighted by molar-refractivity contribution is 6.99. The fourth-order valence-electron chi connectivity index (χ4n) is 3.56. The molecule has 0 aromatic heterocycles. The lowest BCUT2D eigenvalue weighted by molar-refractivity contribution is -0.137. The number of aliphatic hydroxyl groups is 1. The van der Waals surface area contributed by atoms with Gasteiger partial charge in [0.05, 0.1) is 19.3 Å². The van der Waals surface area contributed by atoms with E-state index in [-0.39, 0.29) is 11.6 Å². The van der Waals surface area contributed by atoms with Crippen LogP contribution in [0.5, 0.6) is 0 Å². The largest absolute Gasteiger partial charge is 0.463 e. The molecular weight excluding hydrogens is 380 g/mol. The first-order valence-corrected chi connectivity index (χ1v) is 12.0. The van der Waals surface area contributed by atoms with Crippen LogP contribution in [0.4, 0.5) is 0 Å². The van der Waals surface area contributed by atoms with Gasteiger partial charge in [-0.3, -0.25) is 0 Å². The molecule has 2 rings (SSSR count). The van der Waals surface area contributed by atoms with Crippen molar-refractivity contribution in [3.8, 4) is 0 Å². The van der Waals surface area contributed by atoms with Crippen molar-refractivity contribution in [1.82, 2.24) is 0 Å². The second-order valence-corrected chi connectivity index (χ2v) is 12.3. The van der Waals surface area contributed by atoms with E-state index < -0.39 is 20.4 Å². The maximum Gasteiger partial charge on any atom is 0.330 e. The highest BCUT2D eigenvalue weighted by atomic mass is 28.4. The molecule has 156 valence electrons. The summed E-state index contributed by atoms with van der Waals surface area (Å²) in [4.78, 5) is 11.4. The Bertz CT molecular complexity index is 742. The van der Waals surface area contributed by atoms with Crippen molar-refractivity contribution in [3.05, 3.63) is 72.8 Å². The molecule has 0 saturated heterocycles. The molecule has 0 unspecified atom stereocenters. The number of aliphatic hydroxyl groups excluding tert-OH is 1. The average Bonchev–Trinajstić information content (AvgIpc) is 2.69. The van der Waals surface area contributed by atoms with Crippen molar-refractivity contribution in [2.24, 2.45) is 0 Å². The predicted molar refractivity (Wildman–Crippen MR) is 120 cm³/mol. The fourth-order valence-corrected chi connectivity index (χ4v) is 8.16. The van der Waals surface area contributed by atoms with E-state index in [0.717, 1.165) is 0 Å². The van der Waals surface area contributed by atoms with Gasteiger partial charge in [0.1, 0.15) is 0 Å². The Labute approximate surface area is 175 Å². The molecular formula is C24H32O4Si. The number of benzene rings is 2. The summed E-state index contributed by atoms with van der Waals surface area (Å²) >= 11 is 0. The summed E-state index contributed by atoms with van der Waals surface area (Å²) in [6.45, 7) is 8.90. The van der Waals surface area contributed by atoms with Crippen LogP contribution in [-0.4, -0.2) is 38.7 Å². The molecule has 0 saturated carbocycles. The molecule has 4 nitrogen and oxygen atoms in total. The third-order valence-electron chi connectivity index (χ3n) is 4.86. The predicted octanol–water partition coefficient (Wildman–Crippen LogP) is 3.43. The van der Waals surface area contributed by atoms with Crippen LogP contribution in [0.25, 0.3) is 0 Å². The van der Waals surface area contributed by atoms with Crippen molar-refractivity contribution >= 4 is 24.7 Å². The third-order valence-corrected chi connectivity index (χ3v) is 9.86. The second-order valence-electron chi connectivity index (χ2n) is 8.02. The Kier molecular flexibility index (Phi) is 8.38. The quantitative estimate of drug-likeness (QED) is 0.389. The van der Waals surface area contributed by atoms with Gasteiger partial charge in [-0.1, -0.05) is 87.5 Å². The molecule has 0 amide bonds. The summed E-state index contributed by atoms with van der Waals surface area (Å²) in [7, 11) is -2.66. The monoisotopic (exact) mass is 412 g/mol. The van der Waals surface area contributed by atoms with E-state index in [0.29, 0.717) is 13.0 Å². The van der Waals surface area contributed by atoms with Crippen molar-refractivity contribution < 1.29 is 19.1 Å². The van der Waals surface area contributed by atoms with Gasteiger partial charge in [0, 0.05) is 6.08 Å². The molecule has 2 aromatic carbocycles. The zero-order chi connectivity index (χ0) is 21.3. The molecule has 29 heavy (non-hydrogen) atoms. The smallest absolute Gasteiger partial charge is 0.330 e. The second kappa shape index (κ2) is 10.5. The molecule has 1 atom stereocenters. The summed E-state index contributed by atoms with van der Waals surface area (Å²) in [5.74, 6) is -0.396. The summed E-state index contributed by atoms with van der Waals surface area (Å²) in [5.41, 5.74) is 0. The summed E-state index contributed by atoms with van der Waals surface area (Å²) < 4.78 is 11.5. The van der Waals surface area contributed by atoms with E-state index >= 15 is 0 Å². The number of hydrogen-bond acceptors (Lipinski definition) is 4. The topological polar surface area (TPSA) is 55.8 Å². The minimum absolute atomic E-state index is 0.143. The lowest BCUT2D eigenvalue weighted by Gasteiger charge is -2.43. The van der Waals surface area contributed by atoms with Crippen LogP contribution in [0.1, 0.15) is 34.1 Å². The molecule has 1 N–H and O–H groups in total. The van der Waals surface area contributed by atoms with Gasteiger partial charge in [-0.05, 0) is 28.8 Å². The first-order chi connectivity index (χ1) is 13.8. The van der Waals surface area contributed by atoms with Crippen molar-refractivity contribution in [2.75, 3.05) is 13.2 Å². The normalized spacial score (nSPS) is 13.4. The SMILES string of the molecule is CCOC(=O)/C=C/C[C@H](O)CO[Si](c1ccccc1)(c1ccccc1)C(C)(C)C. The Morgan fingerprint density at radius 3 is 2.00 bits per heavy atom. The van der Waals surface area contributed by atoms with Gasteiger partial charge in [0.15, 0.2) is 0 Å². The van der Waals surface area contributed by atoms with Crippen LogP contribution >= 0.6 is 0 Å². The molecule has 0 radical (unpaired) electrons. The van der Waals surface area contributed by atoms with Crippen LogP contribution in [0, 0.1) is 0 Å². The molecule has 0 fully saturated rings. The van der Waals surface area contributed by atoms with Gasteiger partial charge in [-0.2, -0.15) is 0 Å². The molecule has 5 heteroatoms. The van der Waals surface area contributed by atoms with Crippen LogP contribution in [-0.2, 0) is 14.0 Å². The van der Waals surface area contributed by atoms with Gasteiger partial charge in [-0.25, -0.2) is 4.79 Å². The zero-order valence-corrected chi connectivity index (χ0v) is 18.8. The average molecular weight is 413 g/mol. The molecule has 0 aliphatic rings. The van der Waals surface area contributed by atoms with Crippen LogP contribution in [0.3, 0.4) is 0 Å². The number of carbonyl (C=O) groups is 1. The Hall–Kier alpha value is -2.21. The standard InChI is InChI=1S/C24H32O4Si/c1-5-27-23(26)18-12-13-20(25)19-28-29(24(2,3)4,21-14-8-6-9-15-21)22-16-10-7-11-17-22/h6-12,14-18,20,25H,5,13,19H2,1-4H3/b18-12+/t20-/m0/s1. The Morgan fingerprint density at radius 2 is 1.55 bits per heavy atom. The van der Waals surface area contributed by atoms with Gasteiger partial charge in [-0.15, -0.1) is 0 Å². The molecule has 0 aliphatic carbocycles. The van der Waals surface area contributed by atoms with Crippen molar-refractivity contribution in [2.45, 2.75) is 45.3 Å². The van der Waals surface area contributed by atoms with Crippen LogP contribution in [0.15, 0.2) is 72.8 Å². The Balaban J connectivity index is 2.28. The van der Waals surface area contributed by atoms with Crippen molar-refractivity contribution in [1.29, 1.82) is 0 Å². The van der Waals surface area contributed by atoms with E-state index in [9.17, 15) is 9.90 Å². The van der Waals surface area contributed by atoms with Gasteiger partial charge < -0.3 is 14.3 Å². The first kappa shape index (κ1) is 23.1. The minimum Gasteiger partial charge on any atom is -0.463 e. The highest BCUT2D eigenvalue weighted by Gasteiger charge is 2.50. The minimum atomic E-state index is -2.66. The van der Waals surface area contributed by atoms with E-state index in [2.05, 4.69) is 45.0 Å². The van der Waals surface area contributed by atoms with Gasteiger partial charge in [0.25, 0.3) is 8.32 Å². The lowest BCUT2D eigenvalue weighted by atomic mass is 10.2. The third kappa shape index (κ3) is 5.89. The molecule has 0 spiro atoms. The van der Waals surface area contributed by atoms with E-state index in [1.807, 2.05) is 36.4 Å². The van der Waals surface area contributed by atoms with Crippen LogP contribution < -0.4 is 10.4 Å². The first-order valence-electron chi connectivity index (χ1n) is 10.1. The highest BCUT2D eigenvalue weighted by Crippen LogP contribution is 2.36. The zero-order valence-electron chi connectivity index (χ0n) is 17.8. The number of rotatable bonds is 9. The number of esters is 1. The fraction of sp³-hybridized carbons (Fsp3) is 0.375. The maximum absolute atomic E-state index is 11.4. The van der Waals surface area contributed by atoms with E-state index in [4.69, 9.17) is 9.16 Å². The van der Waals surface area contributed by atoms with E-state index in [1.54, 1.807) is 13.0 Å². The van der Waals surface area contributed by atoms with Crippen LogP contribution in [0.2, 0.25) is 5.04 Å². The number of hydrogen-bond donors (Lipinski definition) is 1. The van der Waals surface area contributed by atoms with E-state index in [1.165, 1.54) is 16.4 Å². The van der Waals surface area contributed by atoms with Gasteiger partial charge >= 0.3 is 5.97 Å². The number of ether oxygens (including phenoxy) is 1. The Morgan fingerprint density at radius 1 is 1.03 bits per heavy atom. The van der Waals surface area contributed by atoms with Crippen molar-refractivity contribution in [3.63, 3.8) is 0 Å². The molecule has 0 bridgehead atoms. The molecule has 2 aromatic rings. The maximum atomic E-state index is 11.4. The summed E-state index contributed by atoms with van der Waals surface area (Å²) in [5, 5.41) is 12.7.